The van der Waals surface area contributed by atoms with Crippen LogP contribution in [-0.4, -0.2) is 33.0 Å². The molecule has 0 radical (unpaired) electrons. The van der Waals surface area contributed by atoms with E-state index >= 15 is 0 Å². The number of hydrogen-bond acceptors (Lipinski definition) is 4. The molecule has 0 amide bonds. The van der Waals surface area contributed by atoms with Gasteiger partial charge in [0.15, 0.2) is 0 Å². The smallest absolute Gasteiger partial charge is 0.331 e. The standard InChI is InChI=1S/C27H38O5/c1-18(2)9-6-12-21(26(29)30)13-7-10-19(3)11-8-14-27(5,31)24-17-22-16-23(28)15-20(4)25(22)32-24/h9,11,13,15-16,24,28,31H,6-8,10,12,14,17H2,1-5H3,(H,29,30)/b19-11+,21-13-/t24-,27-/m0/s1. The summed E-state index contributed by atoms with van der Waals surface area (Å²) in [6.45, 7) is 9.77. The quantitative estimate of drug-likeness (QED) is 0.288. The lowest BCUT2D eigenvalue weighted by molar-refractivity contribution is -0.132. The summed E-state index contributed by atoms with van der Waals surface area (Å²) >= 11 is 0. The zero-order chi connectivity index (χ0) is 23.9. The highest BCUT2D eigenvalue weighted by molar-refractivity contribution is 5.86. The van der Waals surface area contributed by atoms with Crippen LogP contribution in [0.1, 0.15) is 77.3 Å². The zero-order valence-corrected chi connectivity index (χ0v) is 20.1. The second-order valence-corrected chi connectivity index (χ2v) is 9.40. The number of aliphatic hydroxyl groups is 1. The molecule has 1 aliphatic rings. The molecule has 0 aromatic heterocycles. The topological polar surface area (TPSA) is 87.0 Å². The molecule has 0 aliphatic carbocycles. The molecule has 0 saturated carbocycles. The minimum atomic E-state index is -0.987. The normalized spacial score (nSPS) is 18.0. The first-order chi connectivity index (χ1) is 15.0. The number of carboxylic acid groups (broad SMARTS) is 1. The van der Waals surface area contributed by atoms with Gasteiger partial charge in [-0.15, -0.1) is 0 Å². The van der Waals surface area contributed by atoms with Crippen molar-refractivity contribution in [3.8, 4) is 11.5 Å². The SMILES string of the molecule is CC(C)=CCC/C(=C/CC/C(C)=C/CC[C@](C)(O)[C@@H]1Cc2cc(O)cc(C)c2O1)C(=O)O. The Kier molecular flexibility index (Phi) is 9.14. The monoisotopic (exact) mass is 442 g/mol. The largest absolute Gasteiger partial charge is 0.508 e. The first-order valence-electron chi connectivity index (χ1n) is 11.4. The first-order valence-corrected chi connectivity index (χ1v) is 11.4. The minimum Gasteiger partial charge on any atom is -0.508 e. The van der Waals surface area contributed by atoms with Crippen LogP contribution in [0.5, 0.6) is 11.5 Å². The number of aromatic hydroxyl groups is 1. The van der Waals surface area contributed by atoms with Crippen molar-refractivity contribution in [2.75, 3.05) is 0 Å². The fourth-order valence-corrected chi connectivity index (χ4v) is 4.04. The molecule has 0 bridgehead atoms. The van der Waals surface area contributed by atoms with E-state index in [0.717, 1.165) is 36.1 Å². The van der Waals surface area contributed by atoms with Gasteiger partial charge >= 0.3 is 5.97 Å². The highest BCUT2D eigenvalue weighted by Gasteiger charge is 2.38. The van der Waals surface area contributed by atoms with E-state index in [0.29, 0.717) is 31.3 Å². The molecule has 2 rings (SSSR count). The molecule has 32 heavy (non-hydrogen) atoms. The summed E-state index contributed by atoms with van der Waals surface area (Å²) < 4.78 is 6.03. The molecule has 176 valence electrons. The molecule has 2 atom stereocenters. The molecular formula is C27H38O5. The van der Waals surface area contributed by atoms with E-state index in [1.54, 1.807) is 19.1 Å². The molecule has 1 aromatic carbocycles. The van der Waals surface area contributed by atoms with E-state index in [4.69, 9.17) is 4.74 Å². The Morgan fingerprint density at radius 1 is 1.12 bits per heavy atom. The summed E-state index contributed by atoms with van der Waals surface area (Å²) in [5, 5.41) is 30.2. The van der Waals surface area contributed by atoms with Crippen molar-refractivity contribution in [2.24, 2.45) is 0 Å². The van der Waals surface area contributed by atoms with Gasteiger partial charge in [-0.1, -0.05) is 29.4 Å². The van der Waals surface area contributed by atoms with Crippen LogP contribution in [0.4, 0.5) is 0 Å². The Morgan fingerprint density at radius 2 is 1.81 bits per heavy atom. The second-order valence-electron chi connectivity index (χ2n) is 9.40. The van der Waals surface area contributed by atoms with Crippen molar-refractivity contribution < 1.29 is 24.9 Å². The molecule has 5 heteroatoms. The van der Waals surface area contributed by atoms with E-state index in [1.807, 2.05) is 33.8 Å². The summed E-state index contributed by atoms with van der Waals surface area (Å²) in [4.78, 5) is 11.4. The lowest BCUT2D eigenvalue weighted by atomic mass is 9.90. The Hall–Kier alpha value is -2.53. The van der Waals surface area contributed by atoms with Crippen LogP contribution in [-0.2, 0) is 11.2 Å². The van der Waals surface area contributed by atoms with Crippen LogP contribution in [0.15, 0.2) is 47.1 Å². The van der Waals surface area contributed by atoms with E-state index in [2.05, 4.69) is 12.2 Å². The van der Waals surface area contributed by atoms with Crippen LogP contribution in [0.3, 0.4) is 0 Å². The fourth-order valence-electron chi connectivity index (χ4n) is 4.04. The van der Waals surface area contributed by atoms with Crippen molar-refractivity contribution in [2.45, 2.75) is 91.3 Å². The van der Waals surface area contributed by atoms with Crippen molar-refractivity contribution in [3.05, 3.63) is 58.2 Å². The third-order valence-corrected chi connectivity index (χ3v) is 6.01. The number of aliphatic carboxylic acids is 1. The van der Waals surface area contributed by atoms with Gasteiger partial charge in [0.25, 0.3) is 0 Å². The van der Waals surface area contributed by atoms with Crippen molar-refractivity contribution in [1.82, 2.24) is 0 Å². The van der Waals surface area contributed by atoms with Gasteiger partial charge in [0.2, 0.25) is 0 Å². The van der Waals surface area contributed by atoms with Gasteiger partial charge in [-0.05, 0) is 90.8 Å². The van der Waals surface area contributed by atoms with Crippen LogP contribution >= 0.6 is 0 Å². The molecule has 0 saturated heterocycles. The van der Waals surface area contributed by atoms with Crippen LogP contribution in [0.2, 0.25) is 0 Å². The van der Waals surface area contributed by atoms with Gasteiger partial charge in [-0.2, -0.15) is 0 Å². The lowest BCUT2D eigenvalue weighted by Crippen LogP contribution is -2.42. The van der Waals surface area contributed by atoms with Crippen molar-refractivity contribution in [1.29, 1.82) is 0 Å². The number of hydrogen-bond donors (Lipinski definition) is 3. The molecule has 1 heterocycles. The molecule has 3 N–H and O–H groups in total. The number of aryl methyl sites for hydroxylation is 1. The van der Waals surface area contributed by atoms with Crippen LogP contribution in [0.25, 0.3) is 0 Å². The molecule has 0 spiro atoms. The maximum absolute atomic E-state index is 11.4. The number of ether oxygens (including phenoxy) is 1. The summed E-state index contributed by atoms with van der Waals surface area (Å²) in [7, 11) is 0. The Morgan fingerprint density at radius 3 is 2.47 bits per heavy atom. The maximum atomic E-state index is 11.4. The molecule has 5 nitrogen and oxygen atoms in total. The summed E-state index contributed by atoms with van der Waals surface area (Å²) in [5.74, 6) is 0.150. The highest BCUT2D eigenvalue weighted by Crippen LogP contribution is 2.39. The van der Waals surface area contributed by atoms with Crippen molar-refractivity contribution >= 4 is 5.97 Å². The third-order valence-electron chi connectivity index (χ3n) is 6.01. The number of fused-ring (bicyclic) bond motifs is 1. The average molecular weight is 443 g/mol. The minimum absolute atomic E-state index is 0.223. The van der Waals surface area contributed by atoms with Gasteiger partial charge in [-0.25, -0.2) is 4.79 Å². The van der Waals surface area contributed by atoms with Gasteiger partial charge in [0.05, 0.1) is 5.60 Å². The number of phenolic OH excluding ortho intramolecular Hbond substituents is 1. The van der Waals surface area contributed by atoms with E-state index in [1.165, 1.54) is 11.1 Å². The number of rotatable bonds is 11. The summed E-state index contributed by atoms with van der Waals surface area (Å²) in [6, 6.07) is 3.38. The van der Waals surface area contributed by atoms with Gasteiger partial charge in [0, 0.05) is 17.6 Å². The predicted octanol–water partition coefficient (Wildman–Crippen LogP) is 6.02. The second kappa shape index (κ2) is 11.4. The van der Waals surface area contributed by atoms with Gasteiger partial charge < -0.3 is 20.1 Å². The molecular weight excluding hydrogens is 404 g/mol. The number of carboxylic acids is 1. The maximum Gasteiger partial charge on any atom is 0.331 e. The molecule has 0 unspecified atom stereocenters. The zero-order valence-electron chi connectivity index (χ0n) is 20.1. The lowest BCUT2D eigenvalue weighted by Gasteiger charge is -2.29. The molecule has 0 fully saturated rings. The third kappa shape index (κ3) is 7.56. The summed E-state index contributed by atoms with van der Waals surface area (Å²) in [6.07, 6.45) is 10.3. The van der Waals surface area contributed by atoms with E-state index in [9.17, 15) is 20.1 Å². The highest BCUT2D eigenvalue weighted by atomic mass is 16.5. The fraction of sp³-hybridized carbons (Fsp3) is 0.519. The number of phenols is 1. The van der Waals surface area contributed by atoms with Gasteiger partial charge in [-0.3, -0.25) is 0 Å². The Labute approximate surface area is 192 Å². The predicted molar refractivity (Wildman–Crippen MR) is 128 cm³/mol. The number of carbonyl (C=O) groups is 1. The molecule has 1 aromatic rings. The van der Waals surface area contributed by atoms with E-state index in [-0.39, 0.29) is 11.9 Å². The number of allylic oxidation sites excluding steroid dienone is 5. The number of benzene rings is 1. The Bertz CT molecular complexity index is 901. The Balaban J connectivity index is 1.84. The average Bonchev–Trinajstić information content (AvgIpc) is 3.11. The van der Waals surface area contributed by atoms with Crippen LogP contribution in [0, 0.1) is 6.92 Å². The molecule has 1 aliphatic heterocycles. The first kappa shape index (κ1) is 25.7. The van der Waals surface area contributed by atoms with E-state index < -0.39 is 11.6 Å². The van der Waals surface area contributed by atoms with Crippen molar-refractivity contribution in [3.63, 3.8) is 0 Å². The summed E-state index contributed by atoms with van der Waals surface area (Å²) in [5.41, 5.74) is 3.68. The van der Waals surface area contributed by atoms with Crippen LogP contribution < -0.4 is 4.74 Å². The van der Waals surface area contributed by atoms with Gasteiger partial charge in [0.1, 0.15) is 17.6 Å².